The average molecular weight is 601 g/mol. The molecule has 0 radical (unpaired) electrons. The van der Waals surface area contributed by atoms with Gasteiger partial charge in [0, 0.05) is 30.3 Å². The predicted molar refractivity (Wildman–Crippen MR) is 165 cm³/mol. The van der Waals surface area contributed by atoms with Crippen LogP contribution in [0.1, 0.15) is 69.4 Å². The Hall–Kier alpha value is -2.91. The molecular formula is C32H40O7S2. The van der Waals surface area contributed by atoms with Crippen LogP contribution >= 0.6 is 21.6 Å². The number of rotatable bonds is 18. The fourth-order valence-corrected chi connectivity index (χ4v) is 7.46. The molecule has 7 nitrogen and oxygen atoms in total. The topological polar surface area (TPSA) is 88.1 Å². The van der Waals surface area contributed by atoms with E-state index in [4.69, 9.17) is 18.9 Å². The molecule has 1 atom stereocenters. The highest BCUT2D eigenvalue weighted by molar-refractivity contribution is 8.77. The number of carbonyl (C=O) groups excluding carboxylic acids is 3. The molecule has 1 aliphatic rings. The fraction of sp³-hybridized carbons (Fsp3) is 0.469. The number of allylic oxidation sites excluding steroid dienone is 1. The molecule has 1 aliphatic heterocycles. The molecule has 3 rings (SSSR count). The zero-order valence-corrected chi connectivity index (χ0v) is 25.8. The lowest BCUT2D eigenvalue weighted by molar-refractivity contribution is -0.134. The summed E-state index contributed by atoms with van der Waals surface area (Å²) in [5, 5.41) is 0.712. The summed E-state index contributed by atoms with van der Waals surface area (Å²) in [4.78, 5) is 37.3. The van der Waals surface area contributed by atoms with Crippen molar-refractivity contribution in [2.45, 2.75) is 76.4 Å². The highest BCUT2D eigenvalue weighted by atomic mass is 33.1. The Kier molecular flexibility index (Phi) is 13.6. The number of Topliss-reactive ketones (excluding diaryl/α,β-unsaturated/α-hetero) is 2. The lowest BCUT2D eigenvalue weighted by atomic mass is 10.0. The molecule has 2 aromatic carbocycles. The maximum absolute atomic E-state index is 12.5. The van der Waals surface area contributed by atoms with Crippen LogP contribution in [0.5, 0.6) is 23.0 Å². The highest BCUT2D eigenvalue weighted by Gasteiger charge is 2.17. The molecule has 0 spiro atoms. The Morgan fingerprint density at radius 2 is 1.41 bits per heavy atom. The van der Waals surface area contributed by atoms with Crippen LogP contribution in [-0.2, 0) is 27.2 Å². The van der Waals surface area contributed by atoms with Crippen LogP contribution in [0, 0.1) is 0 Å². The molecule has 0 amide bonds. The third kappa shape index (κ3) is 11.5. The Balaban J connectivity index is 1.39. The second kappa shape index (κ2) is 17.1. The van der Waals surface area contributed by atoms with Crippen molar-refractivity contribution in [1.29, 1.82) is 0 Å². The number of methoxy groups -OCH3 is 2. The summed E-state index contributed by atoms with van der Waals surface area (Å²) >= 11 is 0. The van der Waals surface area contributed by atoms with E-state index >= 15 is 0 Å². The van der Waals surface area contributed by atoms with E-state index in [0.29, 0.717) is 53.3 Å². The van der Waals surface area contributed by atoms with Gasteiger partial charge in [0.05, 0.1) is 26.4 Å². The highest BCUT2D eigenvalue weighted by Crippen LogP contribution is 2.40. The summed E-state index contributed by atoms with van der Waals surface area (Å²) in [5.74, 6) is 3.26. The van der Waals surface area contributed by atoms with Crippen LogP contribution in [0.3, 0.4) is 0 Å². The molecule has 222 valence electrons. The molecule has 41 heavy (non-hydrogen) atoms. The Morgan fingerprint density at radius 1 is 0.829 bits per heavy atom. The number of benzene rings is 2. The van der Waals surface area contributed by atoms with Crippen molar-refractivity contribution in [2.75, 3.05) is 20.0 Å². The van der Waals surface area contributed by atoms with Crippen molar-refractivity contribution in [2.24, 2.45) is 0 Å². The normalized spacial score (nSPS) is 14.4. The van der Waals surface area contributed by atoms with Crippen molar-refractivity contribution < 1.29 is 33.3 Å². The monoisotopic (exact) mass is 600 g/mol. The number of carbonyl (C=O) groups is 3. The first kappa shape index (κ1) is 32.6. The van der Waals surface area contributed by atoms with Crippen LogP contribution in [0.25, 0.3) is 0 Å². The molecule has 0 saturated carbocycles. The minimum absolute atomic E-state index is 0.0981. The second-order valence-corrected chi connectivity index (χ2v) is 12.9. The standard InChI is InChI=1S/C32H40O7S2/c1-22(2)38-28-15-11-23(19-30(28)36-3)9-13-25(33)21-26(34)14-10-24-12-16-29(31(20-24)37-4)39-32(35)8-6-5-7-27-17-18-40-41-27/h11-12,15-16,19-20,27H,1,5-10,13-14,17-18,21H2,2-4H3. The zero-order chi connectivity index (χ0) is 29.6. The molecule has 2 aromatic rings. The summed E-state index contributed by atoms with van der Waals surface area (Å²) in [6.07, 6.45) is 5.99. The van der Waals surface area contributed by atoms with Crippen molar-refractivity contribution in [3.8, 4) is 23.0 Å². The minimum Gasteiger partial charge on any atom is -0.493 e. The molecule has 1 fully saturated rings. The largest absolute Gasteiger partial charge is 0.493 e. The number of ketones is 2. The number of aryl methyl sites for hydroxylation is 2. The maximum Gasteiger partial charge on any atom is 0.311 e. The van der Waals surface area contributed by atoms with Crippen molar-refractivity contribution in [3.63, 3.8) is 0 Å². The van der Waals surface area contributed by atoms with Crippen LogP contribution in [-0.4, -0.2) is 42.8 Å². The summed E-state index contributed by atoms with van der Waals surface area (Å²) in [7, 11) is 6.97. The SMILES string of the molecule is C=C(C)Oc1ccc(CCC(=O)CC(=O)CCc2ccc(OC(=O)CCCCC3CCSS3)c(OC)c2)cc1OC. The van der Waals surface area contributed by atoms with E-state index in [-0.39, 0.29) is 36.8 Å². The lowest BCUT2D eigenvalue weighted by Crippen LogP contribution is -2.10. The smallest absolute Gasteiger partial charge is 0.311 e. The van der Waals surface area contributed by atoms with Crippen LogP contribution in [0.15, 0.2) is 48.7 Å². The van der Waals surface area contributed by atoms with Gasteiger partial charge in [-0.3, -0.25) is 14.4 Å². The Morgan fingerprint density at radius 3 is 1.93 bits per heavy atom. The van der Waals surface area contributed by atoms with Crippen LogP contribution < -0.4 is 18.9 Å². The van der Waals surface area contributed by atoms with Crippen molar-refractivity contribution in [1.82, 2.24) is 0 Å². The number of ether oxygens (including phenoxy) is 4. The average Bonchev–Trinajstić information content (AvgIpc) is 3.47. The molecule has 1 unspecified atom stereocenters. The van der Waals surface area contributed by atoms with Crippen molar-refractivity contribution in [3.05, 3.63) is 59.9 Å². The number of hydrogen-bond acceptors (Lipinski definition) is 9. The van der Waals surface area contributed by atoms with E-state index in [0.717, 1.165) is 30.4 Å². The van der Waals surface area contributed by atoms with Crippen LogP contribution in [0.2, 0.25) is 0 Å². The molecule has 0 aliphatic carbocycles. The number of esters is 1. The first-order valence-corrected chi connectivity index (χ1v) is 16.3. The van der Waals surface area contributed by atoms with Crippen LogP contribution in [0.4, 0.5) is 0 Å². The van der Waals surface area contributed by atoms with Gasteiger partial charge in [-0.25, -0.2) is 0 Å². The van der Waals surface area contributed by atoms with Gasteiger partial charge in [-0.15, -0.1) is 0 Å². The number of unbranched alkanes of at least 4 members (excludes halogenated alkanes) is 1. The first-order chi connectivity index (χ1) is 19.8. The van der Waals surface area contributed by atoms with E-state index in [1.807, 2.05) is 39.8 Å². The molecule has 1 heterocycles. The zero-order valence-electron chi connectivity index (χ0n) is 24.2. The quantitative estimate of drug-likeness (QED) is 0.0436. The molecule has 0 aromatic heterocycles. The van der Waals surface area contributed by atoms with E-state index in [1.54, 1.807) is 32.2 Å². The lowest BCUT2D eigenvalue weighted by Gasteiger charge is -2.12. The van der Waals surface area contributed by atoms with Gasteiger partial charge in [0.25, 0.3) is 0 Å². The van der Waals surface area contributed by atoms with Gasteiger partial charge in [-0.05, 0) is 74.4 Å². The van der Waals surface area contributed by atoms with Gasteiger partial charge in [0.2, 0.25) is 0 Å². The predicted octanol–water partition coefficient (Wildman–Crippen LogP) is 7.33. The van der Waals surface area contributed by atoms with E-state index in [2.05, 4.69) is 6.58 Å². The first-order valence-electron chi connectivity index (χ1n) is 14.0. The third-order valence-corrected chi connectivity index (χ3v) is 9.63. The van der Waals surface area contributed by atoms with E-state index in [9.17, 15) is 14.4 Å². The second-order valence-electron chi connectivity index (χ2n) is 10.1. The molecule has 9 heteroatoms. The number of hydrogen-bond donors (Lipinski definition) is 0. The van der Waals surface area contributed by atoms with Crippen molar-refractivity contribution >= 4 is 39.1 Å². The molecule has 1 saturated heterocycles. The molecule has 0 bridgehead atoms. The maximum atomic E-state index is 12.5. The molecular weight excluding hydrogens is 560 g/mol. The van der Waals surface area contributed by atoms with E-state index < -0.39 is 0 Å². The fourth-order valence-electron chi connectivity index (χ4n) is 4.44. The Bertz CT molecular complexity index is 1200. The summed E-state index contributed by atoms with van der Waals surface area (Å²) in [6, 6.07) is 10.8. The summed E-state index contributed by atoms with van der Waals surface area (Å²) < 4.78 is 21.9. The van der Waals surface area contributed by atoms with E-state index in [1.165, 1.54) is 19.3 Å². The summed E-state index contributed by atoms with van der Waals surface area (Å²) in [6.45, 7) is 5.49. The van der Waals surface area contributed by atoms with Gasteiger partial charge in [-0.2, -0.15) is 0 Å². The van der Waals surface area contributed by atoms with Gasteiger partial charge < -0.3 is 18.9 Å². The molecule has 0 N–H and O–H groups in total. The third-order valence-electron chi connectivity index (χ3n) is 6.63. The Labute approximate surface area is 251 Å². The van der Waals surface area contributed by atoms with Gasteiger partial charge >= 0.3 is 5.97 Å². The van der Waals surface area contributed by atoms with Gasteiger partial charge in [-0.1, -0.05) is 46.7 Å². The van der Waals surface area contributed by atoms with Gasteiger partial charge in [0.1, 0.15) is 11.6 Å². The minimum atomic E-state index is -0.271. The summed E-state index contributed by atoms with van der Waals surface area (Å²) in [5.41, 5.74) is 1.80. The van der Waals surface area contributed by atoms with Gasteiger partial charge in [0.15, 0.2) is 23.0 Å².